The molecule has 0 amide bonds. The number of aliphatic hydroxyl groups is 1. The SMILES string of the molecule is CC1(C)C(=O)[C@](C)(O)[C@H](c2ccccc2)[C@H]1c1ccccc1. The molecule has 2 aromatic rings. The van der Waals surface area contributed by atoms with Crippen LogP contribution in [-0.4, -0.2) is 16.5 Å². The number of ketones is 1. The van der Waals surface area contributed by atoms with Gasteiger partial charge in [-0.25, -0.2) is 0 Å². The molecule has 114 valence electrons. The lowest BCUT2D eigenvalue weighted by Gasteiger charge is -2.31. The minimum absolute atomic E-state index is 0.0430. The molecule has 1 N–H and O–H groups in total. The first-order valence-electron chi connectivity index (χ1n) is 7.74. The van der Waals surface area contributed by atoms with Gasteiger partial charge in [-0.15, -0.1) is 0 Å². The summed E-state index contributed by atoms with van der Waals surface area (Å²) in [7, 11) is 0. The lowest BCUT2D eigenvalue weighted by Crippen LogP contribution is -2.38. The number of hydrogen-bond acceptors (Lipinski definition) is 2. The third-order valence-electron chi connectivity index (χ3n) is 5.08. The number of benzene rings is 2. The number of Topliss-reactive ketones (excluding diaryl/α,β-unsaturated/α-hetero) is 1. The van der Waals surface area contributed by atoms with E-state index >= 15 is 0 Å². The van der Waals surface area contributed by atoms with E-state index in [2.05, 4.69) is 12.1 Å². The maximum Gasteiger partial charge on any atom is 0.170 e. The molecular formula is C20H22O2. The van der Waals surface area contributed by atoms with Gasteiger partial charge in [0.05, 0.1) is 0 Å². The van der Waals surface area contributed by atoms with E-state index in [4.69, 9.17) is 0 Å². The van der Waals surface area contributed by atoms with E-state index in [1.54, 1.807) is 6.92 Å². The highest BCUT2D eigenvalue weighted by atomic mass is 16.3. The van der Waals surface area contributed by atoms with Crippen LogP contribution in [0.1, 0.15) is 43.7 Å². The van der Waals surface area contributed by atoms with Gasteiger partial charge in [0, 0.05) is 17.3 Å². The summed E-state index contributed by atoms with van der Waals surface area (Å²) < 4.78 is 0. The molecule has 1 fully saturated rings. The average molecular weight is 294 g/mol. The summed E-state index contributed by atoms with van der Waals surface area (Å²) in [5.41, 5.74) is 0.157. The van der Waals surface area contributed by atoms with Gasteiger partial charge in [-0.3, -0.25) is 4.79 Å². The lowest BCUT2D eigenvalue weighted by atomic mass is 9.72. The Morgan fingerprint density at radius 1 is 0.773 bits per heavy atom. The molecule has 3 rings (SSSR count). The van der Waals surface area contributed by atoms with Crippen LogP contribution in [-0.2, 0) is 4.79 Å². The maximum atomic E-state index is 12.9. The fourth-order valence-corrected chi connectivity index (χ4v) is 4.12. The highest BCUT2D eigenvalue weighted by Crippen LogP contribution is 2.58. The van der Waals surface area contributed by atoms with Gasteiger partial charge in [0.1, 0.15) is 5.60 Å². The molecule has 1 aliphatic carbocycles. The van der Waals surface area contributed by atoms with Gasteiger partial charge in [-0.05, 0) is 18.1 Å². The quantitative estimate of drug-likeness (QED) is 0.911. The second-order valence-electron chi connectivity index (χ2n) is 6.98. The normalized spacial score (nSPS) is 30.5. The standard InChI is InChI=1S/C20H22O2/c1-19(2)16(14-10-6-4-7-11-14)17(20(3,22)18(19)21)15-12-8-5-9-13-15/h4-13,16-17,22H,1-3H3/t16-,17-,20-/m1/s1. The molecule has 0 spiro atoms. The van der Waals surface area contributed by atoms with Crippen LogP contribution >= 0.6 is 0 Å². The van der Waals surface area contributed by atoms with Crippen LogP contribution in [0.3, 0.4) is 0 Å². The van der Waals surface area contributed by atoms with Crippen molar-refractivity contribution in [2.75, 3.05) is 0 Å². The lowest BCUT2D eigenvalue weighted by molar-refractivity contribution is -0.138. The number of carbonyl (C=O) groups excluding carboxylic acids is 1. The third kappa shape index (κ3) is 2.10. The second-order valence-corrected chi connectivity index (χ2v) is 6.98. The smallest absolute Gasteiger partial charge is 0.170 e. The summed E-state index contributed by atoms with van der Waals surface area (Å²) in [5, 5.41) is 11.0. The molecule has 2 aromatic carbocycles. The second kappa shape index (κ2) is 5.06. The van der Waals surface area contributed by atoms with E-state index in [1.807, 2.05) is 62.4 Å². The number of carbonyl (C=O) groups is 1. The first-order valence-corrected chi connectivity index (χ1v) is 7.74. The number of rotatable bonds is 2. The monoisotopic (exact) mass is 294 g/mol. The van der Waals surface area contributed by atoms with Crippen LogP contribution in [0.15, 0.2) is 60.7 Å². The molecule has 2 nitrogen and oxygen atoms in total. The Balaban J connectivity index is 2.21. The molecular weight excluding hydrogens is 272 g/mol. The van der Waals surface area contributed by atoms with Gasteiger partial charge in [-0.1, -0.05) is 74.5 Å². The van der Waals surface area contributed by atoms with Crippen LogP contribution in [0.5, 0.6) is 0 Å². The Kier molecular flexibility index (Phi) is 3.45. The highest BCUT2D eigenvalue weighted by molar-refractivity contribution is 5.96. The first-order chi connectivity index (χ1) is 10.4. The van der Waals surface area contributed by atoms with Gasteiger partial charge in [0.2, 0.25) is 0 Å². The molecule has 1 aliphatic rings. The molecule has 3 atom stereocenters. The first kappa shape index (κ1) is 15.0. The molecule has 22 heavy (non-hydrogen) atoms. The Morgan fingerprint density at radius 2 is 1.18 bits per heavy atom. The maximum absolute atomic E-state index is 12.9. The summed E-state index contributed by atoms with van der Waals surface area (Å²) in [6.07, 6.45) is 0. The minimum Gasteiger partial charge on any atom is -0.382 e. The van der Waals surface area contributed by atoms with E-state index in [9.17, 15) is 9.90 Å². The van der Waals surface area contributed by atoms with E-state index in [0.717, 1.165) is 11.1 Å². The van der Waals surface area contributed by atoms with Crippen molar-refractivity contribution in [2.24, 2.45) is 5.41 Å². The highest BCUT2D eigenvalue weighted by Gasteiger charge is 2.61. The molecule has 0 heterocycles. The Hall–Kier alpha value is -1.93. The summed E-state index contributed by atoms with van der Waals surface area (Å²) >= 11 is 0. The molecule has 1 saturated carbocycles. The van der Waals surface area contributed by atoms with Crippen molar-refractivity contribution in [1.29, 1.82) is 0 Å². The summed E-state index contributed by atoms with van der Waals surface area (Å²) in [5.74, 6) is -0.361. The van der Waals surface area contributed by atoms with Gasteiger partial charge in [-0.2, -0.15) is 0 Å². The molecule has 0 unspecified atom stereocenters. The molecule has 2 heteroatoms. The van der Waals surface area contributed by atoms with Crippen LogP contribution in [0.25, 0.3) is 0 Å². The van der Waals surface area contributed by atoms with Crippen molar-refractivity contribution in [3.05, 3.63) is 71.8 Å². The average Bonchev–Trinajstić information content (AvgIpc) is 2.66. The molecule has 0 aliphatic heterocycles. The molecule has 0 radical (unpaired) electrons. The molecule has 0 saturated heterocycles. The van der Waals surface area contributed by atoms with E-state index < -0.39 is 11.0 Å². The van der Waals surface area contributed by atoms with Crippen LogP contribution in [0, 0.1) is 5.41 Å². The zero-order valence-corrected chi connectivity index (χ0v) is 13.3. The summed E-state index contributed by atoms with van der Waals surface area (Å²) in [6, 6.07) is 19.9. The Bertz CT molecular complexity index is 612. The minimum atomic E-state index is -1.36. The third-order valence-corrected chi connectivity index (χ3v) is 5.08. The fourth-order valence-electron chi connectivity index (χ4n) is 4.12. The van der Waals surface area contributed by atoms with Crippen molar-refractivity contribution < 1.29 is 9.90 Å². The van der Waals surface area contributed by atoms with Crippen molar-refractivity contribution in [1.82, 2.24) is 0 Å². The van der Waals surface area contributed by atoms with Gasteiger partial charge < -0.3 is 5.11 Å². The van der Waals surface area contributed by atoms with Crippen molar-refractivity contribution in [3.8, 4) is 0 Å². The molecule has 0 aromatic heterocycles. The van der Waals surface area contributed by atoms with Crippen LogP contribution in [0.4, 0.5) is 0 Å². The van der Waals surface area contributed by atoms with Crippen molar-refractivity contribution in [3.63, 3.8) is 0 Å². The van der Waals surface area contributed by atoms with Gasteiger partial charge >= 0.3 is 0 Å². The van der Waals surface area contributed by atoms with Gasteiger partial charge in [0.25, 0.3) is 0 Å². The van der Waals surface area contributed by atoms with Crippen molar-refractivity contribution >= 4 is 5.78 Å². The zero-order chi connectivity index (χ0) is 16.0. The van der Waals surface area contributed by atoms with E-state index in [-0.39, 0.29) is 17.6 Å². The Labute approximate surface area is 131 Å². The van der Waals surface area contributed by atoms with Gasteiger partial charge in [0.15, 0.2) is 5.78 Å². The predicted molar refractivity (Wildman–Crippen MR) is 87.8 cm³/mol. The van der Waals surface area contributed by atoms with Crippen LogP contribution in [0.2, 0.25) is 0 Å². The van der Waals surface area contributed by atoms with E-state index in [1.165, 1.54) is 0 Å². The summed E-state index contributed by atoms with van der Waals surface area (Å²) in [4.78, 5) is 12.9. The predicted octanol–water partition coefficient (Wildman–Crippen LogP) is 3.91. The summed E-state index contributed by atoms with van der Waals surface area (Å²) in [6.45, 7) is 5.56. The topological polar surface area (TPSA) is 37.3 Å². The van der Waals surface area contributed by atoms with E-state index in [0.29, 0.717) is 0 Å². The fraction of sp³-hybridized carbons (Fsp3) is 0.350. The zero-order valence-electron chi connectivity index (χ0n) is 13.3. The van der Waals surface area contributed by atoms with Crippen LogP contribution < -0.4 is 0 Å². The molecule has 0 bridgehead atoms. The number of hydrogen-bond donors (Lipinski definition) is 1. The Morgan fingerprint density at radius 3 is 1.64 bits per heavy atom. The largest absolute Gasteiger partial charge is 0.382 e. The van der Waals surface area contributed by atoms with Crippen molar-refractivity contribution in [2.45, 2.75) is 38.2 Å².